The van der Waals surface area contributed by atoms with E-state index in [1.54, 1.807) is 11.1 Å². The minimum Gasteiger partial charge on any atom is -0.334 e. The standard InChI is InChI=1S/C26H31ClN2S.C11H18.C3H8.C2H6.CH5N/c1-9-18-19(10-2)23(24(27)25-22(18)17(8)28-26(30)29-25)20-12-11-14(5)16(7)21(20)15(6)13(3)4;1-4-9(2)11-8-6-5-7-10(11)3;1-3-2;2*1-2/h11-12H,9-10H2,1-8H3,(H,28,29,30);2,4-8H2,1,3H3;3H2,1-2H3;1-2H3;2H2,1H3. The fourth-order valence-corrected chi connectivity index (χ4v) is 6.83. The van der Waals surface area contributed by atoms with Gasteiger partial charge in [-0.25, -0.2) is 4.98 Å². The fraction of sp³-hybridized carbons (Fsp3) is 0.535. The monoisotopic (exact) mass is 693 g/mol. The second kappa shape index (κ2) is 23.0. The van der Waals surface area contributed by atoms with Crippen LogP contribution in [-0.2, 0) is 12.8 Å². The Labute approximate surface area is 305 Å². The van der Waals surface area contributed by atoms with Crippen LogP contribution in [0.25, 0.3) is 27.6 Å². The van der Waals surface area contributed by atoms with Gasteiger partial charge in [0, 0.05) is 16.6 Å². The van der Waals surface area contributed by atoms with Gasteiger partial charge in [-0.2, -0.15) is 0 Å². The molecule has 48 heavy (non-hydrogen) atoms. The molecule has 3 nitrogen and oxygen atoms in total. The molecule has 1 heterocycles. The maximum Gasteiger partial charge on any atom is 0.197 e. The minimum atomic E-state index is 0.472. The van der Waals surface area contributed by atoms with Crippen LogP contribution in [0.3, 0.4) is 0 Å². The number of rotatable bonds is 6. The number of aromatic amines is 1. The van der Waals surface area contributed by atoms with Gasteiger partial charge >= 0.3 is 0 Å². The van der Waals surface area contributed by atoms with E-state index in [0.717, 1.165) is 41.4 Å². The SMILES string of the molecule is C=C(CC)C1=C(C)CCCC1.CC.CCC.CCc1c(-c2ccc(C)c(C)c2C(C)=C(C)C)c(Cl)c2nc(=S)[nH]c(C)c2c1CC.CN. The first-order valence-corrected chi connectivity index (χ1v) is 19.0. The number of hydrogen-bond acceptors (Lipinski definition) is 3. The number of nitrogens with two attached hydrogens (primary N) is 1. The smallest absolute Gasteiger partial charge is 0.197 e. The summed E-state index contributed by atoms with van der Waals surface area (Å²) in [6.07, 6.45) is 9.51. The maximum atomic E-state index is 7.14. The van der Waals surface area contributed by atoms with E-state index in [-0.39, 0.29) is 0 Å². The lowest BCUT2D eigenvalue weighted by molar-refractivity contribution is 0.673. The molecule has 1 aliphatic carbocycles. The van der Waals surface area contributed by atoms with E-state index in [1.807, 2.05) is 13.8 Å². The van der Waals surface area contributed by atoms with E-state index in [4.69, 9.17) is 23.8 Å². The molecule has 0 atom stereocenters. The van der Waals surface area contributed by atoms with Gasteiger partial charge in [0.25, 0.3) is 0 Å². The maximum absolute atomic E-state index is 7.14. The van der Waals surface area contributed by atoms with Gasteiger partial charge in [0.2, 0.25) is 0 Å². The molecule has 0 saturated heterocycles. The molecular weight excluding hydrogens is 626 g/mol. The Balaban J connectivity index is 0.00000102. The van der Waals surface area contributed by atoms with Crippen LogP contribution in [0.4, 0.5) is 0 Å². The molecule has 3 aromatic rings. The van der Waals surface area contributed by atoms with Crippen LogP contribution < -0.4 is 5.73 Å². The van der Waals surface area contributed by atoms with Gasteiger partial charge in [-0.1, -0.05) is 102 Å². The molecule has 1 aliphatic rings. The summed E-state index contributed by atoms with van der Waals surface area (Å²) in [5.41, 5.74) is 22.3. The quantitative estimate of drug-likeness (QED) is 0.253. The van der Waals surface area contributed by atoms with Crippen LogP contribution in [-0.4, -0.2) is 17.0 Å². The molecule has 0 unspecified atom stereocenters. The molecule has 0 radical (unpaired) electrons. The lowest BCUT2D eigenvalue weighted by atomic mass is 9.83. The highest BCUT2D eigenvalue weighted by Gasteiger charge is 2.23. The number of fused-ring (bicyclic) bond motifs is 1. The summed E-state index contributed by atoms with van der Waals surface area (Å²) >= 11 is 12.5. The van der Waals surface area contributed by atoms with E-state index in [0.29, 0.717) is 9.79 Å². The second-order valence-corrected chi connectivity index (χ2v) is 13.2. The van der Waals surface area contributed by atoms with Gasteiger partial charge in [0.1, 0.15) is 0 Å². The molecule has 0 aliphatic heterocycles. The van der Waals surface area contributed by atoms with Gasteiger partial charge in [-0.15, -0.1) is 0 Å². The molecule has 0 spiro atoms. The van der Waals surface area contributed by atoms with Gasteiger partial charge in [-0.3, -0.25) is 0 Å². The topological polar surface area (TPSA) is 54.7 Å². The molecule has 4 rings (SSSR count). The Morgan fingerprint density at radius 1 is 0.917 bits per heavy atom. The summed E-state index contributed by atoms with van der Waals surface area (Å²) in [4.78, 5) is 7.90. The van der Waals surface area contributed by atoms with Crippen LogP contribution in [0.2, 0.25) is 5.02 Å². The number of allylic oxidation sites excluding steroid dienone is 5. The van der Waals surface area contributed by atoms with E-state index in [1.165, 1.54) is 89.3 Å². The first-order chi connectivity index (χ1) is 22.8. The van der Waals surface area contributed by atoms with E-state index < -0.39 is 0 Å². The average Bonchev–Trinajstić information content (AvgIpc) is 3.08. The number of halogens is 1. The first-order valence-electron chi connectivity index (χ1n) is 18.2. The molecular formula is C43H68ClN3S. The Hall–Kier alpha value is -2.53. The normalized spacial score (nSPS) is 11.9. The molecule has 1 aromatic heterocycles. The third-order valence-corrected chi connectivity index (χ3v) is 9.51. The van der Waals surface area contributed by atoms with Crippen molar-refractivity contribution in [1.82, 2.24) is 9.97 Å². The van der Waals surface area contributed by atoms with E-state index >= 15 is 0 Å². The Morgan fingerprint density at radius 3 is 1.94 bits per heavy atom. The highest BCUT2D eigenvalue weighted by Crippen LogP contribution is 2.44. The fourth-order valence-electron chi connectivity index (χ4n) is 6.23. The number of aromatic nitrogens is 2. The van der Waals surface area contributed by atoms with Crippen molar-refractivity contribution in [3.8, 4) is 11.1 Å². The predicted molar refractivity (Wildman–Crippen MR) is 222 cm³/mol. The third-order valence-electron chi connectivity index (χ3n) is 8.95. The summed E-state index contributed by atoms with van der Waals surface area (Å²) in [5, 5.41) is 1.81. The molecule has 2 aromatic carbocycles. The van der Waals surface area contributed by atoms with Crippen LogP contribution in [0.15, 0.2) is 41.0 Å². The summed E-state index contributed by atoms with van der Waals surface area (Å²) in [5.74, 6) is 0. The molecule has 0 fully saturated rings. The zero-order chi connectivity index (χ0) is 37.3. The van der Waals surface area contributed by atoms with Gasteiger partial charge < -0.3 is 10.7 Å². The zero-order valence-electron chi connectivity index (χ0n) is 33.3. The summed E-state index contributed by atoms with van der Waals surface area (Å²) < 4.78 is 0.472. The molecule has 0 saturated carbocycles. The molecule has 268 valence electrons. The number of nitrogens with zero attached hydrogens (tertiary/aromatic N) is 1. The Kier molecular flexibility index (Phi) is 21.8. The number of benzene rings is 2. The first kappa shape index (κ1) is 45.5. The van der Waals surface area contributed by atoms with Crippen LogP contribution in [0, 0.1) is 25.5 Å². The molecule has 3 N–H and O–H groups in total. The number of nitrogens with one attached hydrogen (secondary N) is 1. The van der Waals surface area contributed by atoms with E-state index in [2.05, 4.69) is 117 Å². The van der Waals surface area contributed by atoms with Crippen LogP contribution >= 0.6 is 23.8 Å². The lowest BCUT2D eigenvalue weighted by Crippen LogP contribution is -2.05. The highest BCUT2D eigenvalue weighted by atomic mass is 35.5. The van der Waals surface area contributed by atoms with Crippen molar-refractivity contribution < 1.29 is 0 Å². The van der Waals surface area contributed by atoms with Crippen molar-refractivity contribution in [2.45, 2.75) is 148 Å². The molecule has 0 bridgehead atoms. The highest BCUT2D eigenvalue weighted by molar-refractivity contribution is 7.71. The van der Waals surface area contributed by atoms with Gasteiger partial charge in [0.05, 0.1) is 10.5 Å². The number of H-pyrrole nitrogens is 1. The predicted octanol–water partition coefficient (Wildman–Crippen LogP) is 14.3. The van der Waals surface area contributed by atoms with Crippen molar-refractivity contribution in [3.05, 3.63) is 84.3 Å². The van der Waals surface area contributed by atoms with Crippen molar-refractivity contribution >= 4 is 40.3 Å². The molecule has 0 amide bonds. The van der Waals surface area contributed by atoms with Crippen molar-refractivity contribution in [3.63, 3.8) is 0 Å². The third kappa shape index (κ3) is 11.3. The van der Waals surface area contributed by atoms with Crippen molar-refractivity contribution in [2.24, 2.45) is 5.73 Å². The van der Waals surface area contributed by atoms with Gasteiger partial charge in [-0.05, 0) is 157 Å². The average molecular weight is 695 g/mol. The van der Waals surface area contributed by atoms with Crippen LogP contribution in [0.1, 0.15) is 148 Å². The minimum absolute atomic E-state index is 0.472. The zero-order valence-corrected chi connectivity index (χ0v) is 34.9. The second-order valence-electron chi connectivity index (χ2n) is 12.4. The lowest BCUT2D eigenvalue weighted by Gasteiger charge is -2.23. The van der Waals surface area contributed by atoms with Crippen molar-refractivity contribution in [1.29, 1.82) is 0 Å². The summed E-state index contributed by atoms with van der Waals surface area (Å²) in [6, 6.07) is 4.43. The summed E-state index contributed by atoms with van der Waals surface area (Å²) in [7, 11) is 1.50. The number of aryl methyl sites for hydroxylation is 3. The number of hydrogen-bond donors (Lipinski definition) is 2. The Morgan fingerprint density at radius 2 is 1.46 bits per heavy atom. The van der Waals surface area contributed by atoms with Gasteiger partial charge in [0.15, 0.2) is 4.77 Å². The Bertz CT molecular complexity index is 1620. The van der Waals surface area contributed by atoms with E-state index in [9.17, 15) is 0 Å². The largest absolute Gasteiger partial charge is 0.334 e. The summed E-state index contributed by atoms with van der Waals surface area (Å²) in [6.45, 7) is 34.2. The molecule has 5 heteroatoms. The van der Waals surface area contributed by atoms with Crippen LogP contribution in [0.5, 0.6) is 0 Å². The van der Waals surface area contributed by atoms with Crippen molar-refractivity contribution in [2.75, 3.05) is 7.05 Å².